The third kappa shape index (κ3) is 4.74. The van der Waals surface area contributed by atoms with Gasteiger partial charge >= 0.3 is 0 Å². The van der Waals surface area contributed by atoms with Crippen molar-refractivity contribution in [2.24, 2.45) is 5.73 Å². The normalized spacial score (nSPS) is 13.9. The minimum atomic E-state index is -0.683. The smallest absolute Gasteiger partial charge is 0.124 e. The lowest BCUT2D eigenvalue weighted by Crippen LogP contribution is -2.38. The summed E-state index contributed by atoms with van der Waals surface area (Å²) in [5, 5.41) is 10.1. The molecule has 2 aromatic rings. The van der Waals surface area contributed by atoms with Crippen LogP contribution in [0.1, 0.15) is 5.56 Å². The molecule has 5 heteroatoms. The second-order valence-corrected chi connectivity index (χ2v) is 5.98. The van der Waals surface area contributed by atoms with E-state index in [1.54, 1.807) is 0 Å². The van der Waals surface area contributed by atoms with Crippen molar-refractivity contribution in [1.29, 1.82) is 0 Å². The zero-order chi connectivity index (χ0) is 15.2. The molecule has 0 aliphatic carbocycles. The number of rotatable bonds is 6. The van der Waals surface area contributed by atoms with Gasteiger partial charge in [0.05, 0.1) is 6.10 Å². The Morgan fingerprint density at radius 2 is 1.86 bits per heavy atom. The lowest BCUT2D eigenvalue weighted by molar-refractivity contribution is 0.167. The molecule has 0 amide bonds. The lowest BCUT2D eigenvalue weighted by Gasteiger charge is -2.19. The summed E-state index contributed by atoms with van der Waals surface area (Å²) in [6, 6.07) is 13.6. The number of halogens is 1. The summed E-state index contributed by atoms with van der Waals surface area (Å²) >= 11 is 1.31. The van der Waals surface area contributed by atoms with E-state index in [1.165, 1.54) is 30.0 Å². The van der Waals surface area contributed by atoms with Crippen molar-refractivity contribution in [3.63, 3.8) is 0 Å². The van der Waals surface area contributed by atoms with Crippen LogP contribution in [-0.4, -0.2) is 23.0 Å². The molecule has 112 valence electrons. The standard InChI is InChI=1S/C16H19FN2OS/c17-12-6-7-13(18)16(9-12)21-10-15(20)14(19)8-11-4-2-1-3-5-11/h1-7,9,14-15,20H,8,10,18-19H2. The first-order chi connectivity index (χ1) is 10.1. The molecular formula is C16H19FN2OS. The topological polar surface area (TPSA) is 72.3 Å². The molecule has 21 heavy (non-hydrogen) atoms. The van der Waals surface area contributed by atoms with Crippen molar-refractivity contribution in [2.75, 3.05) is 11.5 Å². The van der Waals surface area contributed by atoms with Crippen molar-refractivity contribution in [2.45, 2.75) is 23.5 Å². The molecule has 0 saturated heterocycles. The molecule has 0 saturated carbocycles. The number of aliphatic hydroxyl groups is 1. The molecule has 2 unspecified atom stereocenters. The molecule has 2 atom stereocenters. The number of thioether (sulfide) groups is 1. The fourth-order valence-electron chi connectivity index (χ4n) is 1.95. The summed E-state index contributed by atoms with van der Waals surface area (Å²) in [4.78, 5) is 0.626. The molecule has 0 aliphatic rings. The maximum atomic E-state index is 13.2. The molecule has 0 aromatic heterocycles. The molecule has 5 N–H and O–H groups in total. The van der Waals surface area contributed by atoms with E-state index < -0.39 is 6.10 Å². The van der Waals surface area contributed by atoms with Crippen LogP contribution in [0.2, 0.25) is 0 Å². The Labute approximate surface area is 128 Å². The van der Waals surface area contributed by atoms with Gasteiger partial charge in [0.2, 0.25) is 0 Å². The fourth-order valence-corrected chi connectivity index (χ4v) is 2.98. The van der Waals surface area contributed by atoms with E-state index in [4.69, 9.17) is 11.5 Å². The first kappa shape index (κ1) is 15.8. The van der Waals surface area contributed by atoms with Crippen molar-refractivity contribution in [1.82, 2.24) is 0 Å². The Bertz CT molecular complexity index is 580. The largest absolute Gasteiger partial charge is 0.398 e. The second kappa shape index (κ2) is 7.45. The number of aliphatic hydroxyl groups excluding tert-OH is 1. The minimum absolute atomic E-state index is 0.338. The molecule has 0 heterocycles. The summed E-state index contributed by atoms with van der Waals surface area (Å²) in [5.41, 5.74) is 13.4. The van der Waals surface area contributed by atoms with Crippen molar-refractivity contribution in [3.05, 3.63) is 59.9 Å². The van der Waals surface area contributed by atoms with Crippen molar-refractivity contribution < 1.29 is 9.50 Å². The summed E-state index contributed by atoms with van der Waals surface area (Å²) in [5.74, 6) is 0.0385. The van der Waals surface area contributed by atoms with Gasteiger partial charge in [0.25, 0.3) is 0 Å². The summed E-state index contributed by atoms with van der Waals surface area (Å²) in [6.45, 7) is 0. The molecule has 0 aliphatic heterocycles. The van der Waals surface area contributed by atoms with E-state index in [1.807, 2.05) is 30.3 Å². The Morgan fingerprint density at radius 1 is 1.14 bits per heavy atom. The van der Waals surface area contributed by atoms with Crippen molar-refractivity contribution in [3.8, 4) is 0 Å². The van der Waals surface area contributed by atoms with Crippen LogP contribution in [-0.2, 0) is 6.42 Å². The average Bonchev–Trinajstić information content (AvgIpc) is 2.49. The molecule has 0 fully saturated rings. The third-order valence-electron chi connectivity index (χ3n) is 3.19. The summed E-state index contributed by atoms with van der Waals surface area (Å²) < 4.78 is 13.2. The van der Waals surface area contributed by atoms with Gasteiger partial charge < -0.3 is 16.6 Å². The van der Waals surface area contributed by atoms with Gasteiger partial charge in [0.15, 0.2) is 0 Å². The van der Waals surface area contributed by atoms with Gasteiger partial charge in [-0.15, -0.1) is 11.8 Å². The lowest BCUT2D eigenvalue weighted by atomic mass is 10.0. The van der Waals surface area contributed by atoms with Gasteiger partial charge in [-0.25, -0.2) is 4.39 Å². The number of nitrogen functional groups attached to an aromatic ring is 1. The van der Waals surface area contributed by atoms with Crippen LogP contribution in [0, 0.1) is 5.82 Å². The maximum Gasteiger partial charge on any atom is 0.124 e. The third-order valence-corrected chi connectivity index (χ3v) is 4.37. The molecular weight excluding hydrogens is 287 g/mol. The highest BCUT2D eigenvalue weighted by atomic mass is 32.2. The zero-order valence-corrected chi connectivity index (χ0v) is 12.4. The van der Waals surface area contributed by atoms with E-state index in [-0.39, 0.29) is 11.9 Å². The quantitative estimate of drug-likeness (QED) is 0.566. The first-order valence-electron chi connectivity index (χ1n) is 6.71. The molecule has 3 nitrogen and oxygen atoms in total. The van der Waals surface area contributed by atoms with Crippen LogP contribution in [0.15, 0.2) is 53.4 Å². The number of nitrogens with two attached hydrogens (primary N) is 2. The number of hydrogen-bond acceptors (Lipinski definition) is 4. The minimum Gasteiger partial charge on any atom is -0.398 e. The van der Waals surface area contributed by atoms with E-state index in [9.17, 15) is 9.50 Å². The van der Waals surface area contributed by atoms with Gasteiger partial charge in [-0.2, -0.15) is 0 Å². The molecule has 2 aromatic carbocycles. The summed E-state index contributed by atoms with van der Waals surface area (Å²) in [7, 11) is 0. The highest BCUT2D eigenvalue weighted by molar-refractivity contribution is 7.99. The predicted molar refractivity (Wildman–Crippen MR) is 85.7 cm³/mol. The average molecular weight is 306 g/mol. The Hall–Kier alpha value is -1.56. The van der Waals surface area contributed by atoms with Crippen LogP contribution >= 0.6 is 11.8 Å². The number of hydrogen-bond donors (Lipinski definition) is 3. The van der Waals surface area contributed by atoms with E-state index >= 15 is 0 Å². The van der Waals surface area contributed by atoms with Gasteiger partial charge in [-0.3, -0.25) is 0 Å². The maximum absolute atomic E-state index is 13.2. The van der Waals surface area contributed by atoms with Crippen LogP contribution < -0.4 is 11.5 Å². The van der Waals surface area contributed by atoms with Crippen LogP contribution in [0.25, 0.3) is 0 Å². The molecule has 0 spiro atoms. The Morgan fingerprint density at radius 3 is 2.57 bits per heavy atom. The van der Waals surface area contributed by atoms with Gasteiger partial charge in [0.1, 0.15) is 5.82 Å². The van der Waals surface area contributed by atoms with Gasteiger partial charge in [-0.05, 0) is 30.2 Å². The highest BCUT2D eigenvalue weighted by Crippen LogP contribution is 2.26. The molecule has 0 radical (unpaired) electrons. The van der Waals surface area contributed by atoms with Gasteiger partial charge in [0, 0.05) is 22.4 Å². The monoisotopic (exact) mass is 306 g/mol. The fraction of sp³-hybridized carbons (Fsp3) is 0.250. The van der Waals surface area contributed by atoms with E-state index in [2.05, 4.69) is 0 Å². The van der Waals surface area contributed by atoms with Crippen LogP contribution in [0.5, 0.6) is 0 Å². The molecule has 0 bridgehead atoms. The summed E-state index contributed by atoms with van der Waals surface area (Å²) in [6.07, 6.45) is -0.0841. The van der Waals surface area contributed by atoms with Gasteiger partial charge in [-0.1, -0.05) is 30.3 Å². The van der Waals surface area contributed by atoms with E-state index in [0.29, 0.717) is 22.8 Å². The number of anilines is 1. The first-order valence-corrected chi connectivity index (χ1v) is 7.70. The van der Waals surface area contributed by atoms with Crippen LogP contribution in [0.4, 0.5) is 10.1 Å². The van der Waals surface area contributed by atoms with Crippen LogP contribution in [0.3, 0.4) is 0 Å². The second-order valence-electron chi connectivity index (χ2n) is 4.91. The number of benzene rings is 2. The predicted octanol–water partition coefficient (Wildman–Crippen LogP) is 2.43. The highest BCUT2D eigenvalue weighted by Gasteiger charge is 2.16. The van der Waals surface area contributed by atoms with Crippen molar-refractivity contribution >= 4 is 17.4 Å². The molecule has 2 rings (SSSR count). The zero-order valence-electron chi connectivity index (χ0n) is 11.6. The Balaban J connectivity index is 1.89. The van der Waals surface area contributed by atoms with E-state index in [0.717, 1.165) is 5.56 Å². The Kier molecular flexibility index (Phi) is 5.61. The SMILES string of the molecule is Nc1ccc(F)cc1SCC(O)C(N)Cc1ccccc1.